The zero-order chi connectivity index (χ0) is 10.3. The molecular weight excluding hydrogens is 184 g/mol. The second kappa shape index (κ2) is 3.15. The molecule has 1 saturated heterocycles. The molecule has 4 heteroatoms. The van der Waals surface area contributed by atoms with Gasteiger partial charge in [0, 0.05) is 7.11 Å². The van der Waals surface area contributed by atoms with Gasteiger partial charge in [0.05, 0.1) is 6.61 Å². The highest BCUT2D eigenvalue weighted by Crippen LogP contribution is 2.36. The highest BCUT2D eigenvalue weighted by atomic mass is 16.8. The average molecular weight is 198 g/mol. The van der Waals surface area contributed by atoms with Crippen molar-refractivity contribution in [3.05, 3.63) is 11.6 Å². The van der Waals surface area contributed by atoms with Gasteiger partial charge in [-0.15, -0.1) is 0 Å². The standard InChI is InChI=1S/C10H14O4/c1-10(2)13-8-6(5-12-3)4-7(11)9(8)14-10/h4,8-9H,5H2,1-3H3/t8?,9-/m1/s1. The van der Waals surface area contributed by atoms with Crippen LogP contribution < -0.4 is 0 Å². The molecule has 0 spiro atoms. The Bertz CT molecular complexity index is 292. The van der Waals surface area contributed by atoms with E-state index in [9.17, 15) is 4.79 Å². The Morgan fingerprint density at radius 2 is 2.07 bits per heavy atom. The summed E-state index contributed by atoms with van der Waals surface area (Å²) in [5.74, 6) is -0.689. The molecule has 78 valence electrons. The summed E-state index contributed by atoms with van der Waals surface area (Å²) >= 11 is 0. The Labute approximate surface area is 82.8 Å². The minimum absolute atomic E-state index is 0.0207. The van der Waals surface area contributed by atoms with Gasteiger partial charge in [0.25, 0.3) is 0 Å². The normalized spacial score (nSPS) is 34.5. The van der Waals surface area contributed by atoms with Gasteiger partial charge in [-0.05, 0) is 25.5 Å². The number of hydrogen-bond donors (Lipinski definition) is 0. The van der Waals surface area contributed by atoms with Crippen molar-refractivity contribution in [2.24, 2.45) is 0 Å². The number of carbonyl (C=O) groups excluding carboxylic acids is 1. The molecule has 0 aromatic heterocycles. The Morgan fingerprint density at radius 1 is 1.43 bits per heavy atom. The van der Waals surface area contributed by atoms with Crippen LogP contribution in [0, 0.1) is 0 Å². The van der Waals surface area contributed by atoms with Crippen LogP contribution in [0.25, 0.3) is 0 Å². The number of rotatable bonds is 2. The van der Waals surface area contributed by atoms with E-state index in [0.717, 1.165) is 5.57 Å². The number of carbonyl (C=O) groups is 1. The minimum atomic E-state index is -0.668. The van der Waals surface area contributed by atoms with Crippen molar-refractivity contribution < 1.29 is 19.0 Å². The van der Waals surface area contributed by atoms with Crippen molar-refractivity contribution in [3.8, 4) is 0 Å². The van der Waals surface area contributed by atoms with E-state index in [-0.39, 0.29) is 11.9 Å². The summed E-state index contributed by atoms with van der Waals surface area (Å²) in [6.45, 7) is 4.04. The van der Waals surface area contributed by atoms with Gasteiger partial charge in [-0.3, -0.25) is 4.79 Å². The molecule has 2 aliphatic rings. The Morgan fingerprint density at radius 3 is 2.71 bits per heavy atom. The molecule has 1 aliphatic carbocycles. The first-order valence-corrected chi connectivity index (χ1v) is 4.62. The lowest BCUT2D eigenvalue weighted by molar-refractivity contribution is -0.153. The largest absolute Gasteiger partial charge is 0.380 e. The molecule has 1 heterocycles. The maximum absolute atomic E-state index is 11.5. The zero-order valence-electron chi connectivity index (χ0n) is 8.57. The monoisotopic (exact) mass is 198 g/mol. The molecular formula is C10H14O4. The number of ether oxygens (including phenoxy) is 3. The number of hydrogen-bond acceptors (Lipinski definition) is 4. The lowest BCUT2D eigenvalue weighted by atomic mass is 10.2. The van der Waals surface area contributed by atoms with Crippen molar-refractivity contribution in [2.75, 3.05) is 13.7 Å². The predicted octanol–water partition coefficient (Wildman–Crippen LogP) is 0.662. The van der Waals surface area contributed by atoms with Crippen molar-refractivity contribution in [1.82, 2.24) is 0 Å². The van der Waals surface area contributed by atoms with Crippen LogP contribution in [0.15, 0.2) is 11.6 Å². The fraction of sp³-hybridized carbons (Fsp3) is 0.700. The second-order valence-electron chi connectivity index (χ2n) is 4.03. The van der Waals surface area contributed by atoms with Crippen molar-refractivity contribution in [2.45, 2.75) is 31.8 Å². The molecule has 0 aromatic carbocycles. The maximum Gasteiger partial charge on any atom is 0.187 e. The molecule has 1 fully saturated rings. The van der Waals surface area contributed by atoms with E-state index in [1.807, 2.05) is 13.8 Å². The van der Waals surface area contributed by atoms with E-state index in [1.165, 1.54) is 0 Å². The molecule has 0 radical (unpaired) electrons. The van der Waals surface area contributed by atoms with Gasteiger partial charge in [-0.1, -0.05) is 0 Å². The third-order valence-corrected chi connectivity index (χ3v) is 2.38. The quantitative estimate of drug-likeness (QED) is 0.654. The van der Waals surface area contributed by atoms with Gasteiger partial charge in [0.2, 0.25) is 0 Å². The molecule has 0 aromatic rings. The highest BCUT2D eigenvalue weighted by Gasteiger charge is 2.49. The summed E-state index contributed by atoms with van der Waals surface area (Å²) in [6, 6.07) is 0. The van der Waals surface area contributed by atoms with Gasteiger partial charge >= 0.3 is 0 Å². The lowest BCUT2D eigenvalue weighted by Crippen LogP contribution is -2.25. The van der Waals surface area contributed by atoms with Gasteiger partial charge < -0.3 is 14.2 Å². The van der Waals surface area contributed by atoms with Crippen molar-refractivity contribution in [1.29, 1.82) is 0 Å². The molecule has 1 aliphatic heterocycles. The Hall–Kier alpha value is -0.710. The fourth-order valence-corrected chi connectivity index (χ4v) is 1.88. The number of ketones is 1. The molecule has 1 unspecified atom stereocenters. The first-order chi connectivity index (χ1) is 6.53. The third-order valence-electron chi connectivity index (χ3n) is 2.38. The molecule has 14 heavy (non-hydrogen) atoms. The van der Waals surface area contributed by atoms with E-state index in [0.29, 0.717) is 6.61 Å². The summed E-state index contributed by atoms with van der Waals surface area (Å²) < 4.78 is 16.1. The SMILES string of the molecule is COCC1=CC(=O)[C@H]2OC(C)(C)OC12. The molecule has 2 atom stereocenters. The third kappa shape index (κ3) is 1.49. The zero-order valence-corrected chi connectivity index (χ0v) is 8.57. The van der Waals surface area contributed by atoms with Crippen molar-refractivity contribution in [3.63, 3.8) is 0 Å². The van der Waals surface area contributed by atoms with E-state index in [2.05, 4.69) is 0 Å². The van der Waals surface area contributed by atoms with Crippen LogP contribution in [-0.2, 0) is 19.0 Å². The number of fused-ring (bicyclic) bond motifs is 1. The van der Waals surface area contributed by atoms with Gasteiger partial charge in [-0.2, -0.15) is 0 Å². The van der Waals surface area contributed by atoms with Crippen LogP contribution in [0.5, 0.6) is 0 Å². The average Bonchev–Trinajstić information content (AvgIpc) is 2.51. The summed E-state index contributed by atoms with van der Waals surface area (Å²) in [5, 5.41) is 0. The summed E-state index contributed by atoms with van der Waals surface area (Å²) in [6.07, 6.45) is 0.848. The van der Waals surface area contributed by atoms with Gasteiger partial charge in [-0.25, -0.2) is 0 Å². The van der Waals surface area contributed by atoms with E-state index < -0.39 is 11.9 Å². The molecule has 0 N–H and O–H groups in total. The van der Waals surface area contributed by atoms with Crippen LogP contribution in [-0.4, -0.2) is 37.5 Å². The predicted molar refractivity (Wildman–Crippen MR) is 48.8 cm³/mol. The summed E-state index contributed by atoms with van der Waals surface area (Å²) in [4.78, 5) is 11.5. The first kappa shape index (κ1) is 9.83. The van der Waals surface area contributed by atoms with Gasteiger partial charge in [0.1, 0.15) is 6.10 Å². The lowest BCUT2D eigenvalue weighted by Gasteiger charge is -2.17. The topological polar surface area (TPSA) is 44.8 Å². The molecule has 4 nitrogen and oxygen atoms in total. The van der Waals surface area contributed by atoms with E-state index in [4.69, 9.17) is 14.2 Å². The van der Waals surface area contributed by atoms with Gasteiger partial charge in [0.15, 0.2) is 17.7 Å². The van der Waals surface area contributed by atoms with E-state index in [1.54, 1.807) is 13.2 Å². The molecule has 2 rings (SSSR count). The van der Waals surface area contributed by atoms with Crippen LogP contribution >= 0.6 is 0 Å². The van der Waals surface area contributed by atoms with Crippen LogP contribution in [0.2, 0.25) is 0 Å². The molecule has 0 amide bonds. The van der Waals surface area contributed by atoms with Crippen molar-refractivity contribution >= 4 is 5.78 Å². The minimum Gasteiger partial charge on any atom is -0.380 e. The second-order valence-corrected chi connectivity index (χ2v) is 4.03. The molecule has 0 bridgehead atoms. The molecule has 0 saturated carbocycles. The first-order valence-electron chi connectivity index (χ1n) is 4.62. The highest BCUT2D eigenvalue weighted by molar-refractivity contribution is 5.98. The van der Waals surface area contributed by atoms with Crippen LogP contribution in [0.1, 0.15) is 13.8 Å². The smallest absolute Gasteiger partial charge is 0.187 e. The Balaban J connectivity index is 2.18. The van der Waals surface area contributed by atoms with E-state index >= 15 is 0 Å². The fourth-order valence-electron chi connectivity index (χ4n) is 1.88. The maximum atomic E-state index is 11.5. The van der Waals surface area contributed by atoms with Crippen LogP contribution in [0.4, 0.5) is 0 Å². The number of methoxy groups -OCH3 is 1. The summed E-state index contributed by atoms with van der Waals surface area (Å²) in [7, 11) is 1.60. The summed E-state index contributed by atoms with van der Waals surface area (Å²) in [5.41, 5.74) is 0.869. The van der Waals surface area contributed by atoms with Crippen LogP contribution in [0.3, 0.4) is 0 Å². The Kier molecular flexibility index (Phi) is 2.21.